The molecular formula is C20H22N4O3. The second-order valence-corrected chi connectivity index (χ2v) is 6.02. The molecule has 0 aliphatic rings. The first kappa shape index (κ1) is 18.3. The summed E-state index contributed by atoms with van der Waals surface area (Å²) in [5, 5.41) is 2.86. The maximum absolute atomic E-state index is 12.3. The van der Waals surface area contributed by atoms with Crippen LogP contribution in [0.25, 0.3) is 0 Å². The summed E-state index contributed by atoms with van der Waals surface area (Å²) >= 11 is 0. The van der Waals surface area contributed by atoms with Gasteiger partial charge in [0.05, 0.1) is 13.7 Å². The number of imidazole rings is 1. The van der Waals surface area contributed by atoms with Crippen LogP contribution in [-0.4, -0.2) is 34.6 Å². The lowest BCUT2D eigenvalue weighted by atomic mass is 10.3. The molecule has 0 atom stereocenters. The summed E-state index contributed by atoms with van der Waals surface area (Å²) in [7, 11) is 5.22. The van der Waals surface area contributed by atoms with Gasteiger partial charge in [-0.05, 0) is 36.4 Å². The summed E-state index contributed by atoms with van der Waals surface area (Å²) in [5.41, 5.74) is 0.680. The molecule has 7 heteroatoms. The van der Waals surface area contributed by atoms with E-state index in [1.54, 1.807) is 49.5 Å². The van der Waals surface area contributed by atoms with E-state index in [1.165, 1.54) is 0 Å². The van der Waals surface area contributed by atoms with Gasteiger partial charge in [-0.3, -0.25) is 0 Å². The van der Waals surface area contributed by atoms with Crippen LogP contribution in [0.5, 0.6) is 17.2 Å². The Kier molecular flexibility index (Phi) is 5.61. The van der Waals surface area contributed by atoms with E-state index < -0.39 is 0 Å². The van der Waals surface area contributed by atoms with E-state index >= 15 is 0 Å². The number of nitrogens with zero attached hydrogens (tertiary/aromatic N) is 3. The summed E-state index contributed by atoms with van der Waals surface area (Å²) in [6.07, 6.45) is 3.56. The predicted molar refractivity (Wildman–Crippen MR) is 103 cm³/mol. The third kappa shape index (κ3) is 4.58. The number of ether oxygens (including phenoxy) is 2. The molecule has 0 fully saturated rings. The standard InChI is InChI=1S/C20H22N4O3/c1-23-13-12-21-19(23)14-24(2)20(25)22-15-8-10-16(11-9-15)27-18-7-5-4-6-17(18)26-3/h4-13H,14H2,1-3H3,(H,22,25). The Bertz CT molecular complexity index is 906. The second kappa shape index (κ2) is 8.27. The number of rotatable bonds is 6. The Balaban J connectivity index is 1.60. The Morgan fingerprint density at radius 3 is 2.48 bits per heavy atom. The molecule has 1 N–H and O–H groups in total. The Morgan fingerprint density at radius 1 is 1.15 bits per heavy atom. The molecule has 2 amide bonds. The van der Waals surface area contributed by atoms with Crippen molar-refractivity contribution in [3.63, 3.8) is 0 Å². The number of para-hydroxylation sites is 2. The molecule has 0 unspecified atom stereocenters. The molecule has 3 rings (SSSR count). The second-order valence-electron chi connectivity index (χ2n) is 6.02. The average Bonchev–Trinajstić information content (AvgIpc) is 3.08. The van der Waals surface area contributed by atoms with Crippen molar-refractivity contribution in [3.8, 4) is 17.2 Å². The first-order valence-corrected chi connectivity index (χ1v) is 8.46. The fourth-order valence-corrected chi connectivity index (χ4v) is 2.49. The number of anilines is 1. The van der Waals surface area contributed by atoms with Crippen LogP contribution in [0.15, 0.2) is 60.9 Å². The molecule has 0 aliphatic heterocycles. The molecule has 0 spiro atoms. The molecule has 0 aliphatic carbocycles. The van der Waals surface area contributed by atoms with Crippen molar-refractivity contribution in [2.24, 2.45) is 7.05 Å². The van der Waals surface area contributed by atoms with E-state index in [2.05, 4.69) is 10.3 Å². The van der Waals surface area contributed by atoms with E-state index in [9.17, 15) is 4.79 Å². The minimum absolute atomic E-state index is 0.212. The van der Waals surface area contributed by atoms with Gasteiger partial charge in [-0.2, -0.15) is 0 Å². The highest BCUT2D eigenvalue weighted by atomic mass is 16.5. The first-order chi connectivity index (χ1) is 13.1. The number of carbonyl (C=O) groups excluding carboxylic acids is 1. The van der Waals surface area contributed by atoms with Crippen LogP contribution in [0.1, 0.15) is 5.82 Å². The molecular weight excluding hydrogens is 344 g/mol. The van der Waals surface area contributed by atoms with Crippen LogP contribution in [-0.2, 0) is 13.6 Å². The normalized spacial score (nSPS) is 10.3. The zero-order valence-corrected chi connectivity index (χ0v) is 15.5. The van der Waals surface area contributed by atoms with E-state index in [1.807, 2.05) is 42.1 Å². The largest absolute Gasteiger partial charge is 0.493 e. The first-order valence-electron chi connectivity index (χ1n) is 8.46. The quantitative estimate of drug-likeness (QED) is 0.719. The molecule has 2 aromatic carbocycles. The molecule has 1 heterocycles. The monoisotopic (exact) mass is 366 g/mol. The number of nitrogens with one attached hydrogen (secondary N) is 1. The van der Waals surface area contributed by atoms with Crippen LogP contribution >= 0.6 is 0 Å². The van der Waals surface area contributed by atoms with Crippen LogP contribution in [0.2, 0.25) is 0 Å². The van der Waals surface area contributed by atoms with Crippen molar-refractivity contribution >= 4 is 11.7 Å². The molecule has 1 aromatic heterocycles. The molecule has 140 valence electrons. The summed E-state index contributed by atoms with van der Waals surface area (Å²) < 4.78 is 13.0. The minimum atomic E-state index is -0.212. The number of methoxy groups -OCH3 is 1. The smallest absolute Gasteiger partial charge is 0.321 e. The lowest BCUT2D eigenvalue weighted by molar-refractivity contribution is 0.219. The third-order valence-corrected chi connectivity index (χ3v) is 4.05. The molecule has 0 saturated carbocycles. The number of aryl methyl sites for hydroxylation is 1. The molecule has 0 radical (unpaired) electrons. The summed E-state index contributed by atoms with van der Waals surface area (Å²) in [6, 6.07) is 14.4. The van der Waals surface area contributed by atoms with Gasteiger partial charge in [0.15, 0.2) is 11.5 Å². The number of aromatic nitrogens is 2. The highest BCUT2D eigenvalue weighted by Crippen LogP contribution is 2.31. The summed E-state index contributed by atoms with van der Waals surface area (Å²) in [6.45, 7) is 0.421. The van der Waals surface area contributed by atoms with Crippen molar-refractivity contribution < 1.29 is 14.3 Å². The molecule has 0 bridgehead atoms. The van der Waals surface area contributed by atoms with Crippen molar-refractivity contribution in [1.29, 1.82) is 0 Å². The Hall–Kier alpha value is -3.48. The third-order valence-electron chi connectivity index (χ3n) is 4.05. The molecule has 7 nitrogen and oxygen atoms in total. The minimum Gasteiger partial charge on any atom is -0.493 e. The van der Waals surface area contributed by atoms with E-state index in [-0.39, 0.29) is 6.03 Å². The number of carbonyl (C=O) groups is 1. The van der Waals surface area contributed by atoms with Crippen molar-refractivity contribution in [3.05, 3.63) is 66.7 Å². The van der Waals surface area contributed by atoms with Crippen LogP contribution in [0.4, 0.5) is 10.5 Å². The highest BCUT2D eigenvalue weighted by Gasteiger charge is 2.12. The van der Waals surface area contributed by atoms with Crippen LogP contribution in [0, 0.1) is 0 Å². The van der Waals surface area contributed by atoms with Gasteiger partial charge in [0.1, 0.15) is 11.6 Å². The zero-order valence-electron chi connectivity index (χ0n) is 15.5. The van der Waals surface area contributed by atoms with Crippen molar-refractivity contribution in [2.45, 2.75) is 6.54 Å². The maximum Gasteiger partial charge on any atom is 0.321 e. The Labute approximate surface area is 158 Å². The fraction of sp³-hybridized carbons (Fsp3) is 0.200. The average molecular weight is 366 g/mol. The number of amides is 2. The molecule has 0 saturated heterocycles. The van der Waals surface area contributed by atoms with Gasteiger partial charge in [0.25, 0.3) is 0 Å². The topological polar surface area (TPSA) is 68.6 Å². The lowest BCUT2D eigenvalue weighted by Gasteiger charge is -2.18. The number of hydrogen-bond acceptors (Lipinski definition) is 4. The maximum atomic E-state index is 12.3. The summed E-state index contributed by atoms with van der Waals surface area (Å²) in [5.74, 6) is 2.75. The van der Waals surface area contributed by atoms with Gasteiger partial charge in [-0.1, -0.05) is 12.1 Å². The van der Waals surface area contributed by atoms with Gasteiger partial charge < -0.3 is 24.3 Å². The summed E-state index contributed by atoms with van der Waals surface area (Å²) in [4.78, 5) is 18.1. The number of benzene rings is 2. The van der Waals surface area contributed by atoms with E-state index in [0.29, 0.717) is 29.5 Å². The van der Waals surface area contributed by atoms with E-state index in [4.69, 9.17) is 9.47 Å². The van der Waals surface area contributed by atoms with Gasteiger partial charge in [-0.25, -0.2) is 9.78 Å². The van der Waals surface area contributed by atoms with Crippen LogP contribution < -0.4 is 14.8 Å². The van der Waals surface area contributed by atoms with Gasteiger partial charge >= 0.3 is 6.03 Å². The fourth-order valence-electron chi connectivity index (χ4n) is 2.49. The van der Waals surface area contributed by atoms with E-state index in [0.717, 1.165) is 5.82 Å². The molecule has 27 heavy (non-hydrogen) atoms. The van der Waals surface area contributed by atoms with Crippen LogP contribution in [0.3, 0.4) is 0 Å². The highest BCUT2D eigenvalue weighted by molar-refractivity contribution is 5.89. The Morgan fingerprint density at radius 2 is 1.85 bits per heavy atom. The van der Waals surface area contributed by atoms with Crippen molar-refractivity contribution in [1.82, 2.24) is 14.5 Å². The van der Waals surface area contributed by atoms with Gasteiger partial charge in [0.2, 0.25) is 0 Å². The van der Waals surface area contributed by atoms with Gasteiger partial charge in [0, 0.05) is 32.2 Å². The number of hydrogen-bond donors (Lipinski definition) is 1. The van der Waals surface area contributed by atoms with Crippen molar-refractivity contribution in [2.75, 3.05) is 19.5 Å². The SMILES string of the molecule is COc1ccccc1Oc1ccc(NC(=O)N(C)Cc2nccn2C)cc1. The lowest BCUT2D eigenvalue weighted by Crippen LogP contribution is -2.31. The zero-order chi connectivity index (χ0) is 19.2. The van der Waals surface area contributed by atoms with Gasteiger partial charge in [-0.15, -0.1) is 0 Å². The predicted octanol–water partition coefficient (Wildman–Crippen LogP) is 3.88. The molecule has 3 aromatic rings. The number of urea groups is 1.